The van der Waals surface area contributed by atoms with Crippen molar-refractivity contribution in [2.24, 2.45) is 0 Å². The molecule has 0 saturated carbocycles. The first-order valence-electron chi connectivity index (χ1n) is 11.8. The molecule has 1 atom stereocenters. The zero-order valence-corrected chi connectivity index (χ0v) is 19.6. The lowest BCUT2D eigenvalue weighted by atomic mass is 9.79. The zero-order valence-electron chi connectivity index (χ0n) is 18.9. The van der Waals surface area contributed by atoms with Gasteiger partial charge in [0.1, 0.15) is 5.60 Å². The third-order valence-electron chi connectivity index (χ3n) is 7.30. The molecule has 0 aliphatic heterocycles. The topological polar surface area (TPSA) is 20.2 Å². The van der Waals surface area contributed by atoms with Crippen LogP contribution in [0.25, 0.3) is 43.8 Å². The van der Waals surface area contributed by atoms with Crippen LogP contribution in [-0.4, -0.2) is 5.11 Å². The molecule has 1 aliphatic carbocycles. The molecule has 0 bridgehead atoms. The second kappa shape index (κ2) is 7.55. The van der Waals surface area contributed by atoms with E-state index in [1.165, 1.54) is 0 Å². The fraction of sp³-hybridized carbons (Fsp3) is 0.0303. The summed E-state index contributed by atoms with van der Waals surface area (Å²) in [5, 5.41) is 17.9. The van der Waals surface area contributed by atoms with Gasteiger partial charge in [0.05, 0.1) is 0 Å². The summed E-state index contributed by atoms with van der Waals surface area (Å²) >= 11 is 6.32. The van der Waals surface area contributed by atoms with E-state index in [0.29, 0.717) is 5.02 Å². The normalized spacial score (nSPS) is 16.4. The number of fused-ring (bicyclic) bond motifs is 5. The summed E-state index contributed by atoms with van der Waals surface area (Å²) in [5.41, 5.74) is 5.62. The van der Waals surface area contributed by atoms with Crippen molar-refractivity contribution in [1.29, 1.82) is 0 Å². The number of hydrogen-bond donors (Lipinski definition) is 1. The minimum atomic E-state index is -1.30. The predicted octanol–water partition coefficient (Wildman–Crippen LogP) is 8.58. The molecular weight excluding hydrogens is 448 g/mol. The molecule has 1 aliphatic rings. The van der Waals surface area contributed by atoms with Gasteiger partial charge in [0.25, 0.3) is 0 Å². The fourth-order valence-electron chi connectivity index (χ4n) is 5.66. The van der Waals surface area contributed by atoms with Gasteiger partial charge in [-0.15, -0.1) is 0 Å². The average Bonchev–Trinajstić information content (AvgIpc) is 3.15. The molecule has 7 rings (SSSR count). The molecule has 0 radical (unpaired) electrons. The van der Waals surface area contributed by atoms with E-state index in [9.17, 15) is 5.11 Å². The molecule has 6 aromatic rings. The molecule has 0 saturated heterocycles. The summed E-state index contributed by atoms with van der Waals surface area (Å²) in [6.45, 7) is 0. The summed E-state index contributed by atoms with van der Waals surface area (Å²) < 4.78 is 0. The first-order chi connectivity index (χ1) is 17.1. The van der Waals surface area contributed by atoms with E-state index in [1.54, 1.807) is 0 Å². The van der Waals surface area contributed by atoms with Crippen molar-refractivity contribution in [1.82, 2.24) is 0 Å². The van der Waals surface area contributed by atoms with Crippen molar-refractivity contribution in [3.63, 3.8) is 0 Å². The molecule has 6 aromatic carbocycles. The van der Waals surface area contributed by atoms with E-state index in [2.05, 4.69) is 66.7 Å². The van der Waals surface area contributed by atoms with Gasteiger partial charge in [0.2, 0.25) is 0 Å². The average molecular weight is 469 g/mol. The lowest BCUT2D eigenvalue weighted by Crippen LogP contribution is -2.27. The largest absolute Gasteiger partial charge is 0.376 e. The first-order valence-corrected chi connectivity index (χ1v) is 12.2. The molecule has 1 unspecified atom stereocenters. The van der Waals surface area contributed by atoms with Crippen molar-refractivity contribution in [3.05, 3.63) is 143 Å². The van der Waals surface area contributed by atoms with Crippen LogP contribution in [0, 0.1) is 0 Å². The lowest BCUT2D eigenvalue weighted by Gasteiger charge is -2.30. The Labute approximate surface area is 208 Å². The van der Waals surface area contributed by atoms with Crippen LogP contribution in [0.15, 0.2) is 121 Å². The minimum absolute atomic E-state index is 0.708. The van der Waals surface area contributed by atoms with Gasteiger partial charge in [-0.05, 0) is 80.2 Å². The highest BCUT2D eigenvalue weighted by Gasteiger charge is 2.44. The van der Waals surface area contributed by atoms with Crippen LogP contribution >= 0.6 is 11.6 Å². The Balaban J connectivity index is 1.61. The van der Waals surface area contributed by atoms with Crippen LogP contribution in [0.4, 0.5) is 0 Å². The lowest BCUT2D eigenvalue weighted by molar-refractivity contribution is 0.131. The second-order valence-corrected chi connectivity index (χ2v) is 9.69. The molecular formula is C33H21ClO. The predicted molar refractivity (Wildman–Crippen MR) is 146 cm³/mol. The Morgan fingerprint density at radius 2 is 1.06 bits per heavy atom. The molecule has 2 heteroatoms. The van der Waals surface area contributed by atoms with Crippen molar-refractivity contribution < 1.29 is 5.11 Å². The molecule has 0 spiro atoms. The Morgan fingerprint density at radius 3 is 1.86 bits per heavy atom. The van der Waals surface area contributed by atoms with Crippen LogP contribution in [0.2, 0.25) is 5.02 Å². The van der Waals surface area contributed by atoms with Crippen molar-refractivity contribution >= 4 is 33.1 Å². The van der Waals surface area contributed by atoms with Crippen LogP contribution in [0.3, 0.4) is 0 Å². The molecule has 0 amide bonds. The highest BCUT2D eigenvalue weighted by molar-refractivity contribution is 6.31. The SMILES string of the molecule is OC1(c2cc3ccccc3cc2-c2ccccc2)c2ccccc2-c2cc3cc(Cl)ccc3cc21. The maximum Gasteiger partial charge on any atom is 0.142 e. The number of halogens is 1. The molecule has 0 heterocycles. The van der Waals surface area contributed by atoms with Gasteiger partial charge >= 0.3 is 0 Å². The Bertz CT molecular complexity index is 1770. The summed E-state index contributed by atoms with van der Waals surface area (Å²) in [7, 11) is 0. The number of benzene rings is 6. The zero-order chi connectivity index (χ0) is 23.6. The first kappa shape index (κ1) is 20.5. The van der Waals surface area contributed by atoms with E-state index in [-0.39, 0.29) is 0 Å². The number of hydrogen-bond acceptors (Lipinski definition) is 1. The maximum atomic E-state index is 12.9. The molecule has 35 heavy (non-hydrogen) atoms. The van der Waals surface area contributed by atoms with E-state index < -0.39 is 5.60 Å². The minimum Gasteiger partial charge on any atom is -0.376 e. The van der Waals surface area contributed by atoms with Crippen LogP contribution in [0.1, 0.15) is 16.7 Å². The maximum absolute atomic E-state index is 12.9. The third-order valence-corrected chi connectivity index (χ3v) is 7.53. The smallest absolute Gasteiger partial charge is 0.142 e. The van der Waals surface area contributed by atoms with E-state index >= 15 is 0 Å². The van der Waals surface area contributed by atoms with Crippen molar-refractivity contribution in [2.45, 2.75) is 5.60 Å². The fourth-order valence-corrected chi connectivity index (χ4v) is 5.84. The van der Waals surface area contributed by atoms with Gasteiger partial charge in [-0.25, -0.2) is 0 Å². The van der Waals surface area contributed by atoms with E-state index in [1.807, 2.05) is 54.6 Å². The van der Waals surface area contributed by atoms with Crippen molar-refractivity contribution in [3.8, 4) is 22.3 Å². The van der Waals surface area contributed by atoms with Crippen molar-refractivity contribution in [2.75, 3.05) is 0 Å². The quantitative estimate of drug-likeness (QED) is 0.270. The summed E-state index contributed by atoms with van der Waals surface area (Å²) in [5.74, 6) is 0. The molecule has 166 valence electrons. The van der Waals surface area contributed by atoms with Gasteiger partial charge in [-0.3, -0.25) is 0 Å². The molecule has 0 fully saturated rings. The summed E-state index contributed by atoms with van der Waals surface area (Å²) in [6.07, 6.45) is 0. The Morgan fingerprint density at radius 1 is 0.457 bits per heavy atom. The van der Waals surface area contributed by atoms with Gasteiger partial charge < -0.3 is 5.11 Å². The molecule has 1 nitrogen and oxygen atoms in total. The molecule has 0 aromatic heterocycles. The third kappa shape index (κ3) is 2.99. The van der Waals surface area contributed by atoms with E-state index in [0.717, 1.165) is 60.5 Å². The highest BCUT2D eigenvalue weighted by atomic mass is 35.5. The van der Waals surface area contributed by atoms with E-state index in [4.69, 9.17) is 11.6 Å². The Hall–Kier alpha value is -3.91. The van der Waals surface area contributed by atoms with Crippen LogP contribution in [0.5, 0.6) is 0 Å². The van der Waals surface area contributed by atoms with Gasteiger partial charge in [-0.1, -0.05) is 96.5 Å². The second-order valence-electron chi connectivity index (χ2n) is 9.26. The Kier molecular flexibility index (Phi) is 4.41. The van der Waals surface area contributed by atoms with Crippen LogP contribution in [-0.2, 0) is 5.60 Å². The van der Waals surface area contributed by atoms with Crippen LogP contribution < -0.4 is 0 Å². The highest BCUT2D eigenvalue weighted by Crippen LogP contribution is 2.54. The van der Waals surface area contributed by atoms with Gasteiger partial charge in [-0.2, -0.15) is 0 Å². The summed E-state index contributed by atoms with van der Waals surface area (Å²) in [6, 6.07) is 41.5. The standard InChI is InChI=1S/C33H21ClO/c34-26-15-14-24-20-32-29(18-25(24)16-26)27-12-6-7-13-30(27)33(32,35)31-19-23-11-5-4-10-22(23)17-28(31)21-8-2-1-3-9-21/h1-20,35H. The van der Waals surface area contributed by atoms with Gasteiger partial charge in [0, 0.05) is 21.7 Å². The monoisotopic (exact) mass is 468 g/mol. The number of aliphatic hydroxyl groups is 1. The number of rotatable bonds is 2. The van der Waals surface area contributed by atoms with Gasteiger partial charge in [0.15, 0.2) is 0 Å². The molecule has 1 N–H and O–H groups in total. The summed E-state index contributed by atoms with van der Waals surface area (Å²) in [4.78, 5) is 0.